The highest BCUT2D eigenvalue weighted by Crippen LogP contribution is 2.12. The molecule has 1 amide bonds. The number of nitro benzene ring substituents is 1. The molecule has 0 aliphatic carbocycles. The normalized spacial score (nSPS) is 10.6. The van der Waals surface area contributed by atoms with E-state index in [4.69, 9.17) is 0 Å². The van der Waals surface area contributed by atoms with E-state index in [0.29, 0.717) is 17.9 Å². The minimum atomic E-state index is -0.469. The van der Waals surface area contributed by atoms with Crippen molar-refractivity contribution in [3.63, 3.8) is 0 Å². The molecule has 0 atom stereocenters. The Morgan fingerprint density at radius 3 is 2.75 bits per heavy atom. The molecule has 2 N–H and O–H groups in total. The molecule has 0 unspecified atom stereocenters. The molecule has 1 heterocycles. The van der Waals surface area contributed by atoms with Gasteiger partial charge in [-0.3, -0.25) is 14.9 Å². The lowest BCUT2D eigenvalue weighted by Gasteiger charge is -1.98. The lowest BCUT2D eigenvalue weighted by Crippen LogP contribution is -2.20. The molecule has 7 nitrogen and oxygen atoms in total. The Bertz CT molecular complexity index is 618. The minimum absolute atomic E-state index is 0.0180. The molecule has 0 fully saturated rings. The number of H-pyrrole nitrogens is 1. The summed E-state index contributed by atoms with van der Waals surface area (Å²) in [5, 5.41) is 13.1. The lowest BCUT2D eigenvalue weighted by molar-refractivity contribution is -0.384. The van der Waals surface area contributed by atoms with Gasteiger partial charge < -0.3 is 10.3 Å². The van der Waals surface area contributed by atoms with E-state index in [1.54, 1.807) is 30.6 Å². The van der Waals surface area contributed by atoms with Crippen molar-refractivity contribution < 1.29 is 9.72 Å². The van der Waals surface area contributed by atoms with Crippen LogP contribution in [-0.4, -0.2) is 20.8 Å². The summed E-state index contributed by atoms with van der Waals surface area (Å²) >= 11 is 0. The van der Waals surface area contributed by atoms with Crippen molar-refractivity contribution in [3.8, 4) is 0 Å². The van der Waals surface area contributed by atoms with Crippen LogP contribution in [0.3, 0.4) is 0 Å². The molecular weight excluding hydrogens is 260 g/mol. The first-order valence-corrected chi connectivity index (χ1v) is 5.84. The van der Waals surface area contributed by atoms with E-state index < -0.39 is 4.92 Å². The van der Waals surface area contributed by atoms with Gasteiger partial charge in [-0.25, -0.2) is 4.98 Å². The van der Waals surface area contributed by atoms with Gasteiger partial charge >= 0.3 is 0 Å². The number of carbonyl (C=O) groups excluding carboxylic acids is 1. The summed E-state index contributed by atoms with van der Waals surface area (Å²) in [6, 6.07) is 5.93. The second-order valence-corrected chi connectivity index (χ2v) is 3.94. The van der Waals surface area contributed by atoms with Crippen molar-refractivity contribution >= 4 is 17.7 Å². The Balaban J connectivity index is 1.88. The molecule has 0 radical (unpaired) electrons. The molecule has 1 aromatic carbocycles. The zero-order valence-corrected chi connectivity index (χ0v) is 10.4. The topological polar surface area (TPSA) is 101 Å². The molecule has 2 aromatic rings. The van der Waals surface area contributed by atoms with Crippen molar-refractivity contribution in [1.82, 2.24) is 15.3 Å². The highest BCUT2D eigenvalue weighted by Gasteiger charge is 2.02. The van der Waals surface area contributed by atoms with Crippen molar-refractivity contribution in [2.75, 3.05) is 0 Å². The number of imidazole rings is 1. The first-order valence-electron chi connectivity index (χ1n) is 5.84. The van der Waals surface area contributed by atoms with Crippen molar-refractivity contribution in [2.24, 2.45) is 0 Å². The van der Waals surface area contributed by atoms with E-state index in [9.17, 15) is 14.9 Å². The van der Waals surface area contributed by atoms with Crippen molar-refractivity contribution in [1.29, 1.82) is 0 Å². The highest BCUT2D eigenvalue weighted by atomic mass is 16.6. The summed E-state index contributed by atoms with van der Waals surface area (Å²) in [6.45, 7) is 0.316. The smallest absolute Gasteiger partial charge is 0.269 e. The lowest BCUT2D eigenvalue weighted by atomic mass is 10.2. The van der Waals surface area contributed by atoms with E-state index >= 15 is 0 Å². The van der Waals surface area contributed by atoms with Gasteiger partial charge in [-0.15, -0.1) is 0 Å². The molecule has 0 bridgehead atoms. The third kappa shape index (κ3) is 3.77. The molecule has 102 valence electrons. The molecule has 2 rings (SSSR count). The summed E-state index contributed by atoms with van der Waals surface area (Å²) in [5.41, 5.74) is 0.730. The van der Waals surface area contributed by atoms with E-state index in [2.05, 4.69) is 15.3 Å². The fraction of sp³-hybridized carbons (Fsp3) is 0.0769. The number of nitro groups is 1. The summed E-state index contributed by atoms with van der Waals surface area (Å²) in [7, 11) is 0. The van der Waals surface area contributed by atoms with Gasteiger partial charge in [0.25, 0.3) is 5.69 Å². The van der Waals surface area contributed by atoms with Crippen LogP contribution < -0.4 is 5.32 Å². The van der Waals surface area contributed by atoms with Crippen LogP contribution in [-0.2, 0) is 11.3 Å². The Hall–Kier alpha value is -2.96. The summed E-state index contributed by atoms with van der Waals surface area (Å²) < 4.78 is 0. The fourth-order valence-corrected chi connectivity index (χ4v) is 1.50. The number of benzene rings is 1. The summed E-state index contributed by atoms with van der Waals surface area (Å²) in [4.78, 5) is 28.4. The molecule has 0 saturated heterocycles. The SMILES string of the molecule is O=C(C=Cc1ccc([N+](=O)[O-])cc1)NCc1ncc[nH]1. The van der Waals surface area contributed by atoms with Crippen molar-refractivity contribution in [3.05, 3.63) is 64.2 Å². The van der Waals surface area contributed by atoms with Crippen LogP contribution in [0.4, 0.5) is 5.69 Å². The standard InChI is InChI=1S/C13H12N4O3/c18-13(16-9-12-14-7-8-15-12)6-3-10-1-4-11(5-2-10)17(19)20/h1-8H,9H2,(H,14,15)(H,16,18). The zero-order valence-electron chi connectivity index (χ0n) is 10.4. The largest absolute Gasteiger partial charge is 0.347 e. The van der Waals surface area contributed by atoms with Crippen LogP contribution in [0.15, 0.2) is 42.7 Å². The molecule has 1 aromatic heterocycles. The maximum Gasteiger partial charge on any atom is 0.269 e. The predicted octanol–water partition coefficient (Wildman–Crippen LogP) is 1.65. The number of non-ortho nitro benzene ring substituents is 1. The number of aromatic amines is 1. The quantitative estimate of drug-likeness (QED) is 0.491. The number of amides is 1. The molecule has 0 saturated carbocycles. The monoisotopic (exact) mass is 272 g/mol. The van der Waals surface area contributed by atoms with Gasteiger partial charge in [0.2, 0.25) is 5.91 Å². The molecule has 0 aliphatic rings. The fourth-order valence-electron chi connectivity index (χ4n) is 1.50. The van der Waals surface area contributed by atoms with Gasteiger partial charge in [-0.1, -0.05) is 0 Å². The molecule has 0 spiro atoms. The summed E-state index contributed by atoms with van der Waals surface area (Å²) in [6.07, 6.45) is 6.23. The maximum atomic E-state index is 11.5. The third-order valence-electron chi connectivity index (χ3n) is 2.52. The Kier molecular flexibility index (Phi) is 4.23. The average molecular weight is 272 g/mol. The molecule has 0 aliphatic heterocycles. The van der Waals surface area contributed by atoms with Crippen LogP contribution in [0, 0.1) is 10.1 Å². The van der Waals surface area contributed by atoms with Gasteiger partial charge in [0, 0.05) is 30.6 Å². The van der Waals surface area contributed by atoms with Gasteiger partial charge in [0.05, 0.1) is 11.5 Å². The van der Waals surface area contributed by atoms with E-state index in [-0.39, 0.29) is 11.6 Å². The zero-order chi connectivity index (χ0) is 14.4. The third-order valence-corrected chi connectivity index (χ3v) is 2.52. The van der Waals surface area contributed by atoms with Gasteiger partial charge in [-0.2, -0.15) is 0 Å². The molecular formula is C13H12N4O3. The van der Waals surface area contributed by atoms with E-state index in [0.717, 1.165) is 0 Å². The van der Waals surface area contributed by atoms with Crippen LogP contribution in [0.5, 0.6) is 0 Å². The Labute approximate surface area is 114 Å². The number of carbonyl (C=O) groups is 1. The van der Waals surface area contributed by atoms with E-state index in [1.807, 2.05) is 0 Å². The van der Waals surface area contributed by atoms with Crippen LogP contribution in [0.1, 0.15) is 11.4 Å². The van der Waals surface area contributed by atoms with E-state index in [1.165, 1.54) is 18.2 Å². The van der Waals surface area contributed by atoms with Gasteiger partial charge in [0.1, 0.15) is 5.82 Å². The first kappa shape index (κ1) is 13.5. The number of nitrogens with zero attached hydrogens (tertiary/aromatic N) is 2. The average Bonchev–Trinajstić information content (AvgIpc) is 2.96. The molecule has 20 heavy (non-hydrogen) atoms. The number of rotatable bonds is 5. The second kappa shape index (κ2) is 6.28. The number of nitrogens with one attached hydrogen (secondary N) is 2. The van der Waals surface area contributed by atoms with Crippen LogP contribution in [0.2, 0.25) is 0 Å². The number of hydrogen-bond donors (Lipinski definition) is 2. The number of aromatic nitrogens is 2. The Morgan fingerprint density at radius 2 is 2.15 bits per heavy atom. The highest BCUT2D eigenvalue weighted by molar-refractivity contribution is 5.91. The number of hydrogen-bond acceptors (Lipinski definition) is 4. The maximum absolute atomic E-state index is 11.5. The Morgan fingerprint density at radius 1 is 1.40 bits per heavy atom. The summed E-state index contributed by atoms with van der Waals surface area (Å²) in [5.74, 6) is 0.404. The van der Waals surface area contributed by atoms with Crippen LogP contribution in [0.25, 0.3) is 6.08 Å². The minimum Gasteiger partial charge on any atom is -0.347 e. The molecule has 7 heteroatoms. The second-order valence-electron chi connectivity index (χ2n) is 3.94. The first-order chi connectivity index (χ1) is 9.65. The van der Waals surface area contributed by atoms with Crippen molar-refractivity contribution in [2.45, 2.75) is 6.54 Å². The van der Waals surface area contributed by atoms with Gasteiger partial charge in [0.15, 0.2) is 0 Å². The van der Waals surface area contributed by atoms with Crippen LogP contribution >= 0.6 is 0 Å². The van der Waals surface area contributed by atoms with Gasteiger partial charge in [-0.05, 0) is 23.8 Å². The predicted molar refractivity (Wildman–Crippen MR) is 72.6 cm³/mol.